The van der Waals surface area contributed by atoms with Crippen LogP contribution in [0.4, 0.5) is 5.69 Å². The van der Waals surface area contributed by atoms with Crippen molar-refractivity contribution < 1.29 is 14.6 Å². The Labute approximate surface area is 138 Å². The van der Waals surface area contributed by atoms with Crippen molar-refractivity contribution in [3.8, 4) is 11.5 Å². The number of benzene rings is 1. The Balaban J connectivity index is 2.89. The van der Waals surface area contributed by atoms with E-state index < -0.39 is 5.60 Å². The second kappa shape index (κ2) is 9.25. The second-order valence-corrected chi connectivity index (χ2v) is 5.28. The van der Waals surface area contributed by atoms with Gasteiger partial charge in [-0.05, 0) is 38.8 Å². The molecule has 0 aliphatic rings. The Morgan fingerprint density at radius 1 is 1.17 bits per heavy atom. The summed E-state index contributed by atoms with van der Waals surface area (Å²) in [5.74, 6) is 1.64. The van der Waals surface area contributed by atoms with E-state index in [1.54, 1.807) is 0 Å². The van der Waals surface area contributed by atoms with E-state index >= 15 is 0 Å². The molecule has 1 rings (SSSR count). The summed E-state index contributed by atoms with van der Waals surface area (Å²) in [5.41, 5.74) is 5.82. The number of guanidine groups is 1. The standard InChI is InChI=1S/C17H29N3O3/c1-5-17(21,6-2)12-19-16(18)20-14-11-13(22-7-3)9-10-15(14)23-8-4/h9-11,21H,5-8,12H2,1-4H3,(H3,18,19,20). The minimum atomic E-state index is -0.817. The highest BCUT2D eigenvalue weighted by Crippen LogP contribution is 2.29. The fourth-order valence-corrected chi connectivity index (χ4v) is 2.03. The molecule has 0 saturated carbocycles. The van der Waals surface area contributed by atoms with Crippen molar-refractivity contribution >= 4 is 11.6 Å². The van der Waals surface area contributed by atoms with Gasteiger partial charge in [0.1, 0.15) is 11.5 Å². The van der Waals surface area contributed by atoms with Crippen LogP contribution in [-0.4, -0.2) is 36.4 Å². The molecule has 130 valence electrons. The van der Waals surface area contributed by atoms with E-state index in [1.165, 1.54) is 0 Å². The predicted octanol–water partition coefficient (Wildman–Crippen LogP) is 2.76. The van der Waals surface area contributed by atoms with Crippen LogP contribution in [0.15, 0.2) is 23.2 Å². The molecule has 0 aromatic heterocycles. The highest BCUT2D eigenvalue weighted by atomic mass is 16.5. The average molecular weight is 323 g/mol. The molecule has 23 heavy (non-hydrogen) atoms. The fraction of sp³-hybridized carbons (Fsp3) is 0.588. The van der Waals surface area contributed by atoms with Gasteiger partial charge in [-0.3, -0.25) is 4.99 Å². The van der Waals surface area contributed by atoms with Gasteiger partial charge in [-0.2, -0.15) is 0 Å². The third-order valence-corrected chi connectivity index (χ3v) is 3.68. The number of nitrogens with one attached hydrogen (secondary N) is 1. The van der Waals surface area contributed by atoms with Crippen LogP contribution in [0.1, 0.15) is 40.5 Å². The lowest BCUT2D eigenvalue weighted by atomic mass is 9.98. The normalized spacial score (nSPS) is 12.1. The molecule has 0 fully saturated rings. The van der Waals surface area contributed by atoms with E-state index in [-0.39, 0.29) is 12.5 Å². The van der Waals surface area contributed by atoms with Crippen molar-refractivity contribution in [1.29, 1.82) is 0 Å². The quantitative estimate of drug-likeness (QED) is 0.480. The number of nitrogens with two attached hydrogens (primary N) is 1. The summed E-state index contributed by atoms with van der Waals surface area (Å²) < 4.78 is 11.1. The minimum absolute atomic E-state index is 0.236. The second-order valence-electron chi connectivity index (χ2n) is 5.28. The van der Waals surface area contributed by atoms with E-state index in [9.17, 15) is 5.11 Å². The van der Waals surface area contributed by atoms with Gasteiger partial charge in [0.05, 0.1) is 31.0 Å². The molecule has 0 atom stereocenters. The van der Waals surface area contributed by atoms with Gasteiger partial charge in [0.2, 0.25) is 0 Å². The number of aliphatic imine (C=N–C) groups is 1. The van der Waals surface area contributed by atoms with Gasteiger partial charge in [0, 0.05) is 6.07 Å². The molecule has 0 radical (unpaired) electrons. The lowest BCUT2D eigenvalue weighted by molar-refractivity contribution is 0.0419. The molecule has 6 nitrogen and oxygen atoms in total. The van der Waals surface area contributed by atoms with Crippen LogP contribution in [0.2, 0.25) is 0 Å². The molecule has 0 aliphatic carbocycles. The van der Waals surface area contributed by atoms with Crippen LogP contribution in [-0.2, 0) is 0 Å². The zero-order valence-electron chi connectivity index (χ0n) is 14.6. The molecule has 1 aromatic carbocycles. The van der Waals surface area contributed by atoms with Crippen molar-refractivity contribution in [3.63, 3.8) is 0 Å². The van der Waals surface area contributed by atoms with Gasteiger partial charge in [-0.1, -0.05) is 13.8 Å². The van der Waals surface area contributed by atoms with E-state index in [2.05, 4.69) is 10.3 Å². The van der Waals surface area contributed by atoms with Crippen LogP contribution >= 0.6 is 0 Å². The number of nitrogens with zero attached hydrogens (tertiary/aromatic N) is 1. The summed E-state index contributed by atoms with van der Waals surface area (Å²) in [7, 11) is 0. The summed E-state index contributed by atoms with van der Waals surface area (Å²) in [4.78, 5) is 4.25. The molecule has 0 saturated heterocycles. The highest BCUT2D eigenvalue weighted by Gasteiger charge is 2.21. The van der Waals surface area contributed by atoms with E-state index in [0.717, 1.165) is 5.75 Å². The number of anilines is 1. The number of hydrogen-bond donors (Lipinski definition) is 3. The number of hydrogen-bond acceptors (Lipinski definition) is 4. The maximum Gasteiger partial charge on any atom is 0.193 e. The van der Waals surface area contributed by atoms with Crippen LogP contribution in [0, 0.1) is 0 Å². The first kappa shape index (κ1) is 19.1. The highest BCUT2D eigenvalue weighted by molar-refractivity contribution is 5.94. The van der Waals surface area contributed by atoms with Gasteiger partial charge < -0.3 is 25.6 Å². The number of aliphatic hydroxyl groups is 1. The minimum Gasteiger partial charge on any atom is -0.494 e. The Bertz CT molecular complexity index is 514. The molecule has 4 N–H and O–H groups in total. The van der Waals surface area contributed by atoms with Crippen LogP contribution in [0.5, 0.6) is 11.5 Å². The Hall–Kier alpha value is -1.95. The Kier molecular flexibility index (Phi) is 7.68. The van der Waals surface area contributed by atoms with Gasteiger partial charge in [0.15, 0.2) is 5.96 Å². The molecule has 0 bridgehead atoms. The van der Waals surface area contributed by atoms with E-state index in [1.807, 2.05) is 45.9 Å². The van der Waals surface area contributed by atoms with Crippen molar-refractivity contribution in [2.45, 2.75) is 46.1 Å². The SMILES string of the molecule is CCOc1ccc(OCC)c(NC(N)=NCC(O)(CC)CC)c1. The molecule has 0 aliphatic heterocycles. The van der Waals surface area contributed by atoms with Gasteiger partial charge >= 0.3 is 0 Å². The zero-order valence-corrected chi connectivity index (χ0v) is 14.6. The number of ether oxygens (including phenoxy) is 2. The lowest BCUT2D eigenvalue weighted by Gasteiger charge is -2.23. The van der Waals surface area contributed by atoms with Crippen molar-refractivity contribution in [2.75, 3.05) is 25.1 Å². The summed E-state index contributed by atoms with van der Waals surface area (Å²) in [6.07, 6.45) is 1.26. The zero-order chi connectivity index (χ0) is 17.3. The third-order valence-electron chi connectivity index (χ3n) is 3.68. The van der Waals surface area contributed by atoms with Crippen molar-refractivity contribution in [1.82, 2.24) is 0 Å². The van der Waals surface area contributed by atoms with E-state index in [4.69, 9.17) is 15.2 Å². The molecular weight excluding hydrogens is 294 g/mol. The van der Waals surface area contributed by atoms with E-state index in [0.29, 0.717) is 37.5 Å². The Morgan fingerprint density at radius 3 is 2.39 bits per heavy atom. The van der Waals surface area contributed by atoms with Gasteiger partial charge in [-0.15, -0.1) is 0 Å². The molecular formula is C17H29N3O3. The Morgan fingerprint density at radius 2 is 1.83 bits per heavy atom. The first-order valence-corrected chi connectivity index (χ1v) is 8.16. The summed E-state index contributed by atoms with van der Waals surface area (Å²) in [6.45, 7) is 9.09. The van der Waals surface area contributed by atoms with Crippen molar-refractivity contribution in [3.05, 3.63) is 18.2 Å². The smallest absolute Gasteiger partial charge is 0.193 e. The first-order chi connectivity index (χ1) is 11.0. The molecule has 0 spiro atoms. The summed E-state index contributed by atoms with van der Waals surface area (Å²) >= 11 is 0. The molecule has 0 amide bonds. The van der Waals surface area contributed by atoms with Crippen LogP contribution < -0.4 is 20.5 Å². The van der Waals surface area contributed by atoms with Gasteiger partial charge in [0.25, 0.3) is 0 Å². The van der Waals surface area contributed by atoms with Crippen LogP contribution in [0.3, 0.4) is 0 Å². The third kappa shape index (κ3) is 5.98. The lowest BCUT2D eigenvalue weighted by Crippen LogP contribution is -2.33. The molecule has 1 aromatic rings. The molecule has 0 unspecified atom stereocenters. The van der Waals surface area contributed by atoms with Crippen molar-refractivity contribution in [2.24, 2.45) is 10.7 Å². The molecule has 6 heteroatoms. The molecule has 0 heterocycles. The monoisotopic (exact) mass is 323 g/mol. The average Bonchev–Trinajstić information content (AvgIpc) is 2.55. The maximum absolute atomic E-state index is 10.3. The fourth-order valence-electron chi connectivity index (χ4n) is 2.03. The summed E-state index contributed by atoms with van der Waals surface area (Å²) in [6, 6.07) is 5.50. The van der Waals surface area contributed by atoms with Crippen LogP contribution in [0.25, 0.3) is 0 Å². The largest absolute Gasteiger partial charge is 0.494 e. The maximum atomic E-state index is 10.3. The van der Waals surface area contributed by atoms with Gasteiger partial charge in [-0.25, -0.2) is 0 Å². The summed E-state index contributed by atoms with van der Waals surface area (Å²) in [5, 5.41) is 13.3. The topological polar surface area (TPSA) is 89.1 Å². The number of rotatable bonds is 9. The first-order valence-electron chi connectivity index (χ1n) is 8.16. The predicted molar refractivity (Wildman–Crippen MR) is 94.4 cm³/mol.